The van der Waals surface area contributed by atoms with E-state index >= 15 is 0 Å². The monoisotopic (exact) mass is 364 g/mol. The van der Waals surface area contributed by atoms with Gasteiger partial charge in [0.25, 0.3) is 5.56 Å². The van der Waals surface area contributed by atoms with Crippen LogP contribution in [-0.4, -0.2) is 32.0 Å². The molecule has 0 fully saturated rings. The first kappa shape index (κ1) is 16.6. The summed E-state index contributed by atoms with van der Waals surface area (Å²) in [5.74, 6) is 1.97. The van der Waals surface area contributed by atoms with Gasteiger partial charge in [0.1, 0.15) is 22.9 Å². The summed E-state index contributed by atoms with van der Waals surface area (Å²) in [4.78, 5) is 39.2. The van der Waals surface area contributed by atoms with Crippen LogP contribution in [0.25, 0.3) is 22.6 Å². The quantitative estimate of drug-likeness (QED) is 0.426. The molecule has 4 rings (SSSR count). The Morgan fingerprint density at radius 1 is 1.04 bits per heavy atom. The molecule has 0 unspecified atom stereocenters. The number of aromatic nitrogens is 5. The van der Waals surface area contributed by atoms with Gasteiger partial charge in [-0.15, -0.1) is 0 Å². The standard InChI is InChI=1S/C18H16N6O3/c1-27-12-5-2-10(3-6-12)8-19-13-7-4-11(9-20-13)15-21-14-16(22-15)23-18(26)24-17(14)25/h2-7,9H,8H2,1H3,(H,19,20)(H3,21,22,23,24,25,26). The van der Waals surface area contributed by atoms with Gasteiger partial charge in [-0.05, 0) is 29.8 Å². The summed E-state index contributed by atoms with van der Waals surface area (Å²) in [6.45, 7) is 0.623. The number of fused-ring (bicyclic) bond motifs is 1. The van der Waals surface area contributed by atoms with Gasteiger partial charge in [-0.3, -0.25) is 14.8 Å². The Morgan fingerprint density at radius 3 is 2.56 bits per heavy atom. The molecule has 4 N–H and O–H groups in total. The molecule has 27 heavy (non-hydrogen) atoms. The lowest BCUT2D eigenvalue weighted by molar-refractivity contribution is 0.414. The van der Waals surface area contributed by atoms with Crippen LogP contribution in [0.2, 0.25) is 0 Å². The molecule has 0 spiro atoms. The Hall–Kier alpha value is -3.88. The highest BCUT2D eigenvalue weighted by molar-refractivity contribution is 5.74. The number of anilines is 1. The lowest BCUT2D eigenvalue weighted by Gasteiger charge is -2.07. The summed E-state index contributed by atoms with van der Waals surface area (Å²) in [7, 11) is 1.63. The minimum atomic E-state index is -0.596. The van der Waals surface area contributed by atoms with Crippen molar-refractivity contribution in [2.75, 3.05) is 12.4 Å². The lowest BCUT2D eigenvalue weighted by atomic mass is 10.2. The Kier molecular flexibility index (Phi) is 4.17. The van der Waals surface area contributed by atoms with Gasteiger partial charge in [-0.1, -0.05) is 12.1 Å². The van der Waals surface area contributed by atoms with E-state index in [2.05, 4.69) is 30.2 Å². The fraction of sp³-hybridized carbons (Fsp3) is 0.111. The zero-order valence-electron chi connectivity index (χ0n) is 14.4. The van der Waals surface area contributed by atoms with Gasteiger partial charge in [-0.2, -0.15) is 0 Å². The topological polar surface area (TPSA) is 129 Å². The second kappa shape index (κ2) is 6.79. The molecule has 0 saturated heterocycles. The molecule has 0 radical (unpaired) electrons. The summed E-state index contributed by atoms with van der Waals surface area (Å²) in [5.41, 5.74) is 1.11. The Morgan fingerprint density at radius 2 is 1.85 bits per heavy atom. The maximum Gasteiger partial charge on any atom is 0.327 e. The molecule has 0 amide bonds. The van der Waals surface area contributed by atoms with E-state index in [1.807, 2.05) is 36.4 Å². The predicted molar refractivity (Wildman–Crippen MR) is 101 cm³/mol. The molecule has 3 heterocycles. The summed E-state index contributed by atoms with van der Waals surface area (Å²) >= 11 is 0. The number of hydrogen-bond acceptors (Lipinski definition) is 6. The summed E-state index contributed by atoms with van der Waals surface area (Å²) in [6, 6.07) is 11.4. The molecule has 0 bridgehead atoms. The molecule has 0 aliphatic rings. The number of methoxy groups -OCH3 is 1. The van der Waals surface area contributed by atoms with Crippen molar-refractivity contribution < 1.29 is 4.74 Å². The van der Waals surface area contributed by atoms with Crippen LogP contribution in [0, 0.1) is 0 Å². The van der Waals surface area contributed by atoms with Crippen LogP contribution in [0.3, 0.4) is 0 Å². The van der Waals surface area contributed by atoms with Crippen LogP contribution in [0.15, 0.2) is 52.2 Å². The molecular weight excluding hydrogens is 348 g/mol. The molecular formula is C18H16N6O3. The van der Waals surface area contributed by atoms with Crippen LogP contribution < -0.4 is 21.3 Å². The SMILES string of the molecule is COc1ccc(CNc2ccc(-c3nc4[nH]c(=O)[nH]c(=O)c4[nH]3)cn2)cc1. The van der Waals surface area contributed by atoms with E-state index < -0.39 is 11.2 Å². The second-order valence-electron chi connectivity index (χ2n) is 5.85. The van der Waals surface area contributed by atoms with E-state index in [1.165, 1.54) is 0 Å². The van der Waals surface area contributed by atoms with Gasteiger partial charge in [0.05, 0.1) is 7.11 Å². The van der Waals surface area contributed by atoms with Crippen LogP contribution in [0.5, 0.6) is 5.75 Å². The number of imidazole rings is 1. The van der Waals surface area contributed by atoms with E-state index in [0.29, 0.717) is 23.8 Å². The highest BCUT2D eigenvalue weighted by atomic mass is 16.5. The summed E-state index contributed by atoms with van der Waals surface area (Å²) in [6.07, 6.45) is 1.64. The minimum absolute atomic E-state index is 0.209. The van der Waals surface area contributed by atoms with Crippen LogP contribution in [0.4, 0.5) is 5.82 Å². The smallest absolute Gasteiger partial charge is 0.327 e. The van der Waals surface area contributed by atoms with Crippen LogP contribution in [-0.2, 0) is 6.54 Å². The van der Waals surface area contributed by atoms with Crippen molar-refractivity contribution in [1.82, 2.24) is 24.9 Å². The van der Waals surface area contributed by atoms with E-state index in [0.717, 1.165) is 11.3 Å². The lowest BCUT2D eigenvalue weighted by Crippen LogP contribution is -2.21. The third-order valence-corrected chi connectivity index (χ3v) is 4.06. The Labute approximate surface area is 152 Å². The molecule has 0 atom stereocenters. The van der Waals surface area contributed by atoms with Crippen molar-refractivity contribution in [3.8, 4) is 17.1 Å². The van der Waals surface area contributed by atoms with Crippen molar-refractivity contribution in [3.05, 3.63) is 69.0 Å². The maximum atomic E-state index is 11.8. The van der Waals surface area contributed by atoms with Crippen molar-refractivity contribution in [2.45, 2.75) is 6.54 Å². The number of H-pyrrole nitrogens is 3. The average Bonchev–Trinajstić information content (AvgIpc) is 3.11. The van der Waals surface area contributed by atoms with Gasteiger partial charge < -0.3 is 15.0 Å². The number of benzene rings is 1. The predicted octanol–water partition coefficient (Wildman–Crippen LogP) is 1.62. The normalized spacial score (nSPS) is 10.9. The molecule has 3 aromatic heterocycles. The zero-order chi connectivity index (χ0) is 18.8. The minimum Gasteiger partial charge on any atom is -0.497 e. The number of pyridine rings is 1. The number of nitrogens with one attached hydrogen (secondary N) is 4. The number of ether oxygens (including phenoxy) is 1. The molecule has 0 saturated carbocycles. The molecule has 1 aromatic carbocycles. The van der Waals surface area contributed by atoms with Crippen LogP contribution >= 0.6 is 0 Å². The van der Waals surface area contributed by atoms with E-state index in [-0.39, 0.29) is 11.2 Å². The third kappa shape index (κ3) is 3.43. The molecule has 4 aromatic rings. The van der Waals surface area contributed by atoms with Crippen molar-refractivity contribution >= 4 is 17.0 Å². The Bertz CT molecular complexity index is 1190. The van der Waals surface area contributed by atoms with Gasteiger partial charge in [-0.25, -0.2) is 14.8 Å². The molecule has 9 nitrogen and oxygen atoms in total. The summed E-state index contributed by atoms with van der Waals surface area (Å²) < 4.78 is 5.14. The van der Waals surface area contributed by atoms with Crippen LogP contribution in [0.1, 0.15) is 5.56 Å². The largest absolute Gasteiger partial charge is 0.497 e. The van der Waals surface area contributed by atoms with Gasteiger partial charge >= 0.3 is 5.69 Å². The fourth-order valence-corrected chi connectivity index (χ4v) is 2.64. The first-order chi connectivity index (χ1) is 13.1. The van der Waals surface area contributed by atoms with E-state index in [1.54, 1.807) is 13.3 Å². The molecule has 136 valence electrons. The van der Waals surface area contributed by atoms with Gasteiger partial charge in [0.2, 0.25) is 0 Å². The van der Waals surface area contributed by atoms with E-state index in [4.69, 9.17) is 4.74 Å². The van der Waals surface area contributed by atoms with Crippen molar-refractivity contribution in [1.29, 1.82) is 0 Å². The van der Waals surface area contributed by atoms with Crippen molar-refractivity contribution in [2.24, 2.45) is 0 Å². The highest BCUT2D eigenvalue weighted by Crippen LogP contribution is 2.18. The number of nitrogens with zero attached hydrogens (tertiary/aromatic N) is 2. The Balaban J connectivity index is 1.51. The first-order valence-electron chi connectivity index (χ1n) is 8.18. The summed E-state index contributed by atoms with van der Waals surface area (Å²) in [5, 5.41) is 3.24. The van der Waals surface area contributed by atoms with E-state index in [9.17, 15) is 9.59 Å². The number of hydrogen-bond donors (Lipinski definition) is 4. The fourth-order valence-electron chi connectivity index (χ4n) is 2.64. The molecule has 9 heteroatoms. The van der Waals surface area contributed by atoms with Crippen molar-refractivity contribution in [3.63, 3.8) is 0 Å². The number of aromatic amines is 3. The van der Waals surface area contributed by atoms with Gasteiger partial charge in [0, 0.05) is 18.3 Å². The second-order valence-corrected chi connectivity index (χ2v) is 5.85. The molecule has 0 aliphatic heterocycles. The first-order valence-corrected chi connectivity index (χ1v) is 8.18. The number of rotatable bonds is 5. The zero-order valence-corrected chi connectivity index (χ0v) is 14.4. The maximum absolute atomic E-state index is 11.8. The molecule has 0 aliphatic carbocycles. The third-order valence-electron chi connectivity index (χ3n) is 4.06. The average molecular weight is 364 g/mol. The van der Waals surface area contributed by atoms with Gasteiger partial charge in [0.15, 0.2) is 5.65 Å². The highest BCUT2D eigenvalue weighted by Gasteiger charge is 2.09.